The van der Waals surface area contributed by atoms with Gasteiger partial charge in [0.25, 0.3) is 5.91 Å². The fourth-order valence-corrected chi connectivity index (χ4v) is 3.17. The lowest BCUT2D eigenvalue weighted by atomic mass is 9.84. The Morgan fingerprint density at radius 3 is 2.12 bits per heavy atom. The average Bonchev–Trinajstić information content (AvgIpc) is 2.95. The number of carbonyl (C=O) groups is 1. The van der Waals surface area contributed by atoms with Crippen molar-refractivity contribution in [2.75, 3.05) is 21.3 Å². The number of methoxy groups -OCH3 is 3. The number of nitrogens with two attached hydrogens (primary N) is 1. The average molecular weight is 355 g/mol. The molecule has 7 heteroatoms. The van der Waals surface area contributed by atoms with Crippen molar-refractivity contribution in [2.45, 2.75) is 12.0 Å². The maximum absolute atomic E-state index is 12.8. The third kappa shape index (κ3) is 2.92. The number of amides is 1. The lowest BCUT2D eigenvalue weighted by molar-refractivity contribution is -0.124. The lowest BCUT2D eigenvalue weighted by Gasteiger charge is -2.25. The molecule has 1 unspecified atom stereocenters. The molecule has 0 saturated carbocycles. The monoisotopic (exact) mass is 355 g/mol. The van der Waals surface area contributed by atoms with Gasteiger partial charge < -0.3 is 19.9 Å². The molecule has 26 heavy (non-hydrogen) atoms. The Morgan fingerprint density at radius 2 is 1.65 bits per heavy atom. The van der Waals surface area contributed by atoms with Crippen molar-refractivity contribution >= 4 is 11.9 Å². The summed E-state index contributed by atoms with van der Waals surface area (Å²) < 4.78 is 16.2. The summed E-state index contributed by atoms with van der Waals surface area (Å²) in [7, 11) is 4.64. The van der Waals surface area contributed by atoms with E-state index >= 15 is 0 Å². The van der Waals surface area contributed by atoms with Crippen LogP contribution in [-0.2, 0) is 16.8 Å². The van der Waals surface area contributed by atoms with Crippen LogP contribution in [0.15, 0.2) is 47.5 Å². The summed E-state index contributed by atoms with van der Waals surface area (Å²) in [6.45, 7) is 0. The van der Waals surface area contributed by atoms with E-state index in [1.54, 1.807) is 21.3 Å². The van der Waals surface area contributed by atoms with Gasteiger partial charge in [-0.2, -0.15) is 0 Å². The van der Waals surface area contributed by atoms with E-state index in [-0.39, 0.29) is 11.9 Å². The maximum atomic E-state index is 12.8. The van der Waals surface area contributed by atoms with Gasteiger partial charge in [0.05, 0.1) is 21.3 Å². The second-order valence-electron chi connectivity index (χ2n) is 5.89. The van der Waals surface area contributed by atoms with Crippen molar-refractivity contribution in [3.05, 3.63) is 53.6 Å². The molecule has 7 nitrogen and oxygen atoms in total. The largest absolute Gasteiger partial charge is 0.493 e. The quantitative estimate of drug-likeness (QED) is 0.821. The van der Waals surface area contributed by atoms with E-state index in [0.29, 0.717) is 23.7 Å². The van der Waals surface area contributed by atoms with Crippen LogP contribution in [0.4, 0.5) is 0 Å². The lowest BCUT2D eigenvalue weighted by Crippen LogP contribution is -2.40. The van der Waals surface area contributed by atoms with Gasteiger partial charge in [-0.25, -0.2) is 4.99 Å². The Morgan fingerprint density at radius 1 is 1.04 bits per heavy atom. The molecule has 0 saturated heterocycles. The summed E-state index contributed by atoms with van der Waals surface area (Å²) in [4.78, 5) is 17.2. The van der Waals surface area contributed by atoms with E-state index in [0.717, 1.165) is 11.1 Å². The van der Waals surface area contributed by atoms with Gasteiger partial charge in [0.15, 0.2) is 23.0 Å². The molecule has 2 aromatic rings. The first-order chi connectivity index (χ1) is 12.5. The Kier molecular flexibility index (Phi) is 4.71. The maximum Gasteiger partial charge on any atom is 0.259 e. The van der Waals surface area contributed by atoms with E-state index in [1.165, 1.54) is 0 Å². The normalized spacial score (nSPS) is 18.9. The molecule has 0 spiro atoms. The minimum atomic E-state index is -1.14. The van der Waals surface area contributed by atoms with Crippen LogP contribution >= 0.6 is 0 Å². The minimum Gasteiger partial charge on any atom is -0.493 e. The molecule has 136 valence electrons. The first-order valence-corrected chi connectivity index (χ1v) is 8.05. The van der Waals surface area contributed by atoms with Crippen LogP contribution in [0.1, 0.15) is 11.1 Å². The molecule has 1 atom stereocenters. The van der Waals surface area contributed by atoms with Crippen LogP contribution in [-0.4, -0.2) is 33.2 Å². The number of nitrogens with one attached hydrogen (secondary N) is 1. The van der Waals surface area contributed by atoms with Crippen molar-refractivity contribution in [3.63, 3.8) is 0 Å². The molecule has 0 aromatic heterocycles. The molecule has 0 fully saturated rings. The number of nitrogens with zero attached hydrogens (tertiary/aromatic N) is 1. The highest BCUT2D eigenvalue weighted by Crippen LogP contribution is 2.41. The van der Waals surface area contributed by atoms with E-state index in [1.807, 2.05) is 42.5 Å². The summed E-state index contributed by atoms with van der Waals surface area (Å²) in [6.07, 6.45) is 0.292. The van der Waals surface area contributed by atoms with E-state index in [9.17, 15) is 4.79 Å². The van der Waals surface area contributed by atoms with E-state index < -0.39 is 5.54 Å². The molecular weight excluding hydrogens is 334 g/mol. The van der Waals surface area contributed by atoms with Crippen LogP contribution in [0.5, 0.6) is 17.2 Å². The molecular formula is C19H21N3O4. The zero-order valence-corrected chi connectivity index (χ0v) is 14.9. The number of rotatable bonds is 6. The number of guanidine groups is 1. The van der Waals surface area contributed by atoms with Gasteiger partial charge in [0.1, 0.15) is 0 Å². The number of aliphatic imine (C=N–C) groups is 1. The predicted molar refractivity (Wildman–Crippen MR) is 97.7 cm³/mol. The number of hydrogen-bond acceptors (Lipinski definition) is 6. The number of carbonyl (C=O) groups excluding carboxylic acids is 1. The molecule has 0 aliphatic carbocycles. The fraction of sp³-hybridized carbons (Fsp3) is 0.263. The van der Waals surface area contributed by atoms with Gasteiger partial charge in [-0.1, -0.05) is 30.3 Å². The van der Waals surface area contributed by atoms with Gasteiger partial charge in [-0.15, -0.1) is 0 Å². The number of benzene rings is 2. The first kappa shape index (κ1) is 17.6. The molecule has 3 N–H and O–H groups in total. The Balaban J connectivity index is 2.11. The van der Waals surface area contributed by atoms with Crippen molar-refractivity contribution in [1.82, 2.24) is 5.32 Å². The molecule has 2 aromatic carbocycles. The highest BCUT2D eigenvalue weighted by molar-refractivity contribution is 6.07. The standard InChI is InChI=1S/C19H21N3O4/c1-24-14-9-12(10-15(25-2)16(14)26-3)11-19(13-7-5-4-6-8-13)17(23)21-18(20)22-19/h4-10H,11H2,1-3H3,(H3,20,21,22,23). The van der Waals surface area contributed by atoms with Gasteiger partial charge in [0, 0.05) is 6.42 Å². The summed E-state index contributed by atoms with van der Waals surface area (Å²) >= 11 is 0. The summed E-state index contributed by atoms with van der Waals surface area (Å²) in [5.74, 6) is 1.36. The van der Waals surface area contributed by atoms with Crippen LogP contribution in [0, 0.1) is 0 Å². The predicted octanol–water partition coefficient (Wildman–Crippen LogP) is 1.59. The summed E-state index contributed by atoms with van der Waals surface area (Å²) in [6, 6.07) is 13.0. The van der Waals surface area contributed by atoms with E-state index in [2.05, 4.69) is 10.3 Å². The van der Waals surface area contributed by atoms with Crippen molar-refractivity contribution < 1.29 is 19.0 Å². The van der Waals surface area contributed by atoms with Crippen LogP contribution < -0.4 is 25.3 Å². The summed E-state index contributed by atoms with van der Waals surface area (Å²) in [5.41, 5.74) is 6.21. The Hall–Kier alpha value is -3.22. The molecule has 0 bridgehead atoms. The molecule has 3 rings (SSSR count). The Labute approximate surface area is 151 Å². The van der Waals surface area contributed by atoms with Crippen molar-refractivity contribution in [1.29, 1.82) is 0 Å². The minimum absolute atomic E-state index is 0.103. The molecule has 1 amide bonds. The topological polar surface area (TPSA) is 95.2 Å². The van der Waals surface area contributed by atoms with Crippen LogP contribution in [0.3, 0.4) is 0 Å². The Bertz CT molecular complexity index is 826. The third-order valence-electron chi connectivity index (χ3n) is 4.36. The zero-order chi connectivity index (χ0) is 18.7. The second kappa shape index (κ2) is 6.95. The number of hydrogen-bond donors (Lipinski definition) is 2. The molecule has 1 heterocycles. The van der Waals surface area contributed by atoms with Crippen LogP contribution in [0.2, 0.25) is 0 Å². The smallest absolute Gasteiger partial charge is 0.259 e. The number of ether oxygens (including phenoxy) is 3. The molecule has 0 radical (unpaired) electrons. The summed E-state index contributed by atoms with van der Waals surface area (Å²) in [5, 5.41) is 2.61. The zero-order valence-electron chi connectivity index (χ0n) is 14.9. The highest BCUT2D eigenvalue weighted by Gasteiger charge is 2.45. The van der Waals surface area contributed by atoms with Gasteiger partial charge in [0.2, 0.25) is 5.75 Å². The third-order valence-corrected chi connectivity index (χ3v) is 4.36. The van der Waals surface area contributed by atoms with Crippen molar-refractivity contribution in [3.8, 4) is 17.2 Å². The van der Waals surface area contributed by atoms with Gasteiger partial charge >= 0.3 is 0 Å². The molecule has 1 aliphatic rings. The van der Waals surface area contributed by atoms with E-state index in [4.69, 9.17) is 19.9 Å². The van der Waals surface area contributed by atoms with Gasteiger partial charge in [-0.3, -0.25) is 10.1 Å². The van der Waals surface area contributed by atoms with Gasteiger partial charge in [-0.05, 0) is 23.3 Å². The molecule has 1 aliphatic heterocycles. The fourth-order valence-electron chi connectivity index (χ4n) is 3.17. The highest BCUT2D eigenvalue weighted by atomic mass is 16.5. The SMILES string of the molecule is COc1cc(CC2(c3ccccc3)N=C(N)NC2=O)cc(OC)c1OC. The second-order valence-corrected chi connectivity index (χ2v) is 5.89. The van der Waals surface area contributed by atoms with Crippen molar-refractivity contribution in [2.24, 2.45) is 10.7 Å². The first-order valence-electron chi connectivity index (χ1n) is 8.05. The van der Waals surface area contributed by atoms with Crippen LogP contribution in [0.25, 0.3) is 0 Å².